The van der Waals surface area contributed by atoms with Crippen molar-refractivity contribution in [3.05, 3.63) is 35.9 Å². The molecule has 1 nitrogen and oxygen atoms in total. The van der Waals surface area contributed by atoms with E-state index in [9.17, 15) is 4.79 Å². The monoisotopic (exact) mass is 272 g/mol. The molecule has 0 N–H and O–H groups in total. The molecule has 6 heteroatoms. The van der Waals surface area contributed by atoms with Gasteiger partial charge in [0.1, 0.15) is 0 Å². The molecule has 70 valence electrons. The zero-order valence-electron chi connectivity index (χ0n) is 6.38. The molecule has 1 aromatic rings. The Morgan fingerprint density at radius 1 is 1.00 bits per heavy atom. The van der Waals surface area contributed by atoms with Crippen LogP contribution in [0.15, 0.2) is 30.3 Å². The number of hydrogen-bond donors (Lipinski definition) is 0. The van der Waals surface area contributed by atoms with E-state index in [2.05, 4.69) is 0 Å². The van der Waals surface area contributed by atoms with Crippen LogP contribution in [0, 0.1) is 0 Å². The third-order valence-corrected chi connectivity index (χ3v) is 1.22. The fraction of sp³-hybridized carbons (Fsp3) is 0. The summed E-state index contributed by atoms with van der Waals surface area (Å²) in [6.45, 7) is 0. The van der Waals surface area contributed by atoms with Gasteiger partial charge < -0.3 is 37.2 Å². The van der Waals surface area contributed by atoms with Gasteiger partial charge in [-0.25, -0.2) is 0 Å². The topological polar surface area (TPSA) is 17.1 Å². The molecular formula is C7H5AlCl4O. The number of benzene rings is 1. The van der Waals surface area contributed by atoms with E-state index in [-0.39, 0.29) is 54.6 Å². The maximum absolute atomic E-state index is 10.4. The van der Waals surface area contributed by atoms with E-state index in [1.807, 2.05) is 6.07 Å². The first-order valence-corrected chi connectivity index (χ1v) is 2.93. The van der Waals surface area contributed by atoms with Crippen LogP contribution in [0.1, 0.15) is 10.4 Å². The third kappa shape index (κ3) is 8.90. The van der Waals surface area contributed by atoms with Crippen LogP contribution in [0.3, 0.4) is 0 Å². The van der Waals surface area contributed by atoms with Gasteiger partial charge >= 0.3 is 17.4 Å². The van der Waals surface area contributed by atoms with Crippen LogP contribution >= 0.6 is 11.6 Å². The van der Waals surface area contributed by atoms with E-state index in [0.29, 0.717) is 5.56 Å². The van der Waals surface area contributed by atoms with Crippen LogP contribution in [0.4, 0.5) is 0 Å². The summed E-state index contributed by atoms with van der Waals surface area (Å²) < 4.78 is 0. The summed E-state index contributed by atoms with van der Waals surface area (Å²) in [6, 6.07) is 8.74. The maximum Gasteiger partial charge on any atom is 3.00 e. The second kappa shape index (κ2) is 12.6. The second-order valence-electron chi connectivity index (χ2n) is 1.64. The normalized spacial score (nSPS) is 6.23. The Hall–Kier alpha value is 0.582. The summed E-state index contributed by atoms with van der Waals surface area (Å²) in [5, 5.41) is -0.407. The number of hydrogen-bond acceptors (Lipinski definition) is 1. The Morgan fingerprint density at radius 3 is 1.62 bits per heavy atom. The SMILES string of the molecule is O=C(Cl)c1ccccc1.[Al+3].[Cl-].[Cl-].[Cl-]. The molecule has 0 bridgehead atoms. The number of carbonyl (C=O) groups excluding carboxylic acids is 1. The molecule has 0 spiro atoms. The molecule has 0 atom stereocenters. The summed E-state index contributed by atoms with van der Waals surface area (Å²) in [6.07, 6.45) is 0. The van der Waals surface area contributed by atoms with Gasteiger partial charge in [-0.05, 0) is 11.6 Å². The molecule has 0 fully saturated rings. The smallest absolute Gasteiger partial charge is 1.00 e. The zero-order valence-corrected chi connectivity index (χ0v) is 10.6. The molecule has 0 radical (unpaired) electrons. The van der Waals surface area contributed by atoms with Crippen LogP contribution in [0.5, 0.6) is 0 Å². The van der Waals surface area contributed by atoms with Crippen LogP contribution in [0.25, 0.3) is 0 Å². The van der Waals surface area contributed by atoms with E-state index >= 15 is 0 Å². The molecule has 0 saturated heterocycles. The fourth-order valence-electron chi connectivity index (χ4n) is 0.569. The Balaban J connectivity index is -0.000000101. The second-order valence-corrected chi connectivity index (χ2v) is 1.98. The minimum atomic E-state index is -0.407. The van der Waals surface area contributed by atoms with E-state index in [1.54, 1.807) is 24.3 Å². The average Bonchev–Trinajstić information content (AvgIpc) is 1.90. The van der Waals surface area contributed by atoms with Crippen LogP contribution in [-0.4, -0.2) is 22.6 Å². The van der Waals surface area contributed by atoms with Gasteiger partial charge in [0.2, 0.25) is 0 Å². The van der Waals surface area contributed by atoms with Crippen molar-refractivity contribution in [2.45, 2.75) is 0 Å². The molecule has 0 unspecified atom stereocenters. The number of carbonyl (C=O) groups is 1. The average molecular weight is 274 g/mol. The molecule has 0 aromatic heterocycles. The molecular weight excluding hydrogens is 269 g/mol. The van der Waals surface area contributed by atoms with E-state index < -0.39 is 5.24 Å². The summed E-state index contributed by atoms with van der Waals surface area (Å²) in [4.78, 5) is 10.4. The predicted octanol–water partition coefficient (Wildman–Crippen LogP) is -7.30. The van der Waals surface area contributed by atoms with E-state index in [4.69, 9.17) is 11.6 Å². The third-order valence-electron chi connectivity index (χ3n) is 1.00. The Morgan fingerprint density at radius 2 is 1.38 bits per heavy atom. The Labute approximate surface area is 112 Å². The molecule has 1 aromatic carbocycles. The van der Waals surface area contributed by atoms with Crippen molar-refractivity contribution < 1.29 is 42.0 Å². The van der Waals surface area contributed by atoms with E-state index in [0.717, 1.165) is 0 Å². The Bertz CT molecular complexity index is 217. The first kappa shape index (κ1) is 23.4. The predicted molar refractivity (Wildman–Crippen MR) is 42.4 cm³/mol. The summed E-state index contributed by atoms with van der Waals surface area (Å²) in [7, 11) is 0. The molecule has 0 aliphatic carbocycles. The van der Waals surface area contributed by atoms with Crippen molar-refractivity contribution in [3.8, 4) is 0 Å². The molecule has 0 saturated carbocycles. The molecule has 0 amide bonds. The van der Waals surface area contributed by atoms with Gasteiger partial charge in [0.05, 0.1) is 0 Å². The minimum absolute atomic E-state index is 0. The Kier molecular flexibility index (Phi) is 22.7. The summed E-state index contributed by atoms with van der Waals surface area (Å²) >= 11 is 5.16. The van der Waals surface area contributed by atoms with Crippen molar-refractivity contribution in [1.29, 1.82) is 0 Å². The standard InChI is InChI=1S/C7H5ClO.Al.3ClH/c8-7(9)6-4-2-1-3-5-6;;;;/h1-5H;;3*1H/q;+3;;;/p-3. The van der Waals surface area contributed by atoms with Crippen molar-refractivity contribution >= 4 is 34.2 Å². The van der Waals surface area contributed by atoms with Crippen LogP contribution in [0.2, 0.25) is 0 Å². The van der Waals surface area contributed by atoms with Crippen molar-refractivity contribution in [3.63, 3.8) is 0 Å². The number of halogens is 4. The molecule has 1 rings (SSSR count). The first-order valence-electron chi connectivity index (χ1n) is 2.55. The maximum atomic E-state index is 10.4. The first-order chi connectivity index (χ1) is 4.30. The van der Waals surface area contributed by atoms with E-state index in [1.165, 1.54) is 0 Å². The van der Waals surface area contributed by atoms with Gasteiger partial charge in [0.25, 0.3) is 5.24 Å². The largest absolute Gasteiger partial charge is 3.00 e. The van der Waals surface area contributed by atoms with Gasteiger partial charge in [-0.3, -0.25) is 4.79 Å². The summed E-state index contributed by atoms with van der Waals surface area (Å²) in [5.74, 6) is 0. The quantitative estimate of drug-likeness (QED) is 0.367. The minimum Gasteiger partial charge on any atom is -1.00 e. The molecule has 0 aliphatic heterocycles. The van der Waals surface area contributed by atoms with Crippen LogP contribution < -0.4 is 37.2 Å². The molecule has 0 heterocycles. The fourth-order valence-corrected chi connectivity index (χ4v) is 0.695. The van der Waals surface area contributed by atoms with Crippen LogP contribution in [-0.2, 0) is 0 Å². The van der Waals surface area contributed by atoms with Gasteiger partial charge in [-0.1, -0.05) is 30.3 Å². The van der Waals surface area contributed by atoms with Gasteiger partial charge in [0.15, 0.2) is 0 Å². The molecule has 13 heavy (non-hydrogen) atoms. The van der Waals surface area contributed by atoms with Crippen molar-refractivity contribution in [1.82, 2.24) is 0 Å². The summed E-state index contributed by atoms with van der Waals surface area (Å²) in [5.41, 5.74) is 0.541. The van der Waals surface area contributed by atoms with Crippen molar-refractivity contribution in [2.75, 3.05) is 0 Å². The van der Waals surface area contributed by atoms with Gasteiger partial charge in [-0.15, -0.1) is 0 Å². The number of rotatable bonds is 1. The van der Waals surface area contributed by atoms with Gasteiger partial charge in [-0.2, -0.15) is 0 Å². The molecule has 0 aliphatic rings. The zero-order chi connectivity index (χ0) is 6.69. The van der Waals surface area contributed by atoms with Gasteiger partial charge in [0, 0.05) is 5.56 Å². The van der Waals surface area contributed by atoms with Crippen molar-refractivity contribution in [2.24, 2.45) is 0 Å².